The van der Waals surface area contributed by atoms with Crippen LogP contribution in [-0.2, 0) is 4.79 Å². The molecular weight excluding hydrogens is 307 g/mol. The van der Waals surface area contributed by atoms with Crippen molar-refractivity contribution < 1.29 is 4.79 Å². The topological polar surface area (TPSA) is 41.1 Å². The number of benzene rings is 1. The second-order valence-corrected chi connectivity index (χ2v) is 6.94. The first kappa shape index (κ1) is 16.6. The van der Waals surface area contributed by atoms with Gasteiger partial charge in [-0.15, -0.1) is 0 Å². The molecule has 1 aliphatic rings. The molecule has 2 atom stereocenters. The predicted octanol–water partition coefficient (Wildman–Crippen LogP) is 3.81. The lowest BCUT2D eigenvalue weighted by Crippen LogP contribution is -2.46. The second-order valence-electron chi connectivity index (χ2n) is 6.10. The summed E-state index contributed by atoms with van der Waals surface area (Å²) in [5.74, 6) is 0.390. The molecule has 0 bridgehead atoms. The quantitative estimate of drug-likeness (QED) is 0.882. The van der Waals surface area contributed by atoms with Crippen LogP contribution < -0.4 is 10.6 Å². The second kappa shape index (κ2) is 6.55. The van der Waals surface area contributed by atoms with Crippen molar-refractivity contribution in [3.05, 3.63) is 33.8 Å². The van der Waals surface area contributed by atoms with E-state index >= 15 is 0 Å². The molecule has 1 aliphatic heterocycles. The van der Waals surface area contributed by atoms with E-state index < -0.39 is 0 Å². The van der Waals surface area contributed by atoms with Crippen LogP contribution >= 0.6 is 23.2 Å². The largest absolute Gasteiger partial charge is 0.349 e. The van der Waals surface area contributed by atoms with Crippen LogP contribution in [0.1, 0.15) is 38.8 Å². The van der Waals surface area contributed by atoms with Gasteiger partial charge in [0.05, 0.1) is 11.5 Å². The monoisotopic (exact) mass is 328 g/mol. The lowest BCUT2D eigenvalue weighted by molar-refractivity contribution is -0.133. The van der Waals surface area contributed by atoms with Crippen LogP contribution in [0.2, 0.25) is 10.0 Å². The Bertz CT molecular complexity index is 525. The molecule has 0 spiro atoms. The molecule has 116 valence electrons. The summed E-state index contributed by atoms with van der Waals surface area (Å²) in [7, 11) is 0. The Morgan fingerprint density at radius 3 is 2.57 bits per heavy atom. The first-order valence-electron chi connectivity index (χ1n) is 7.33. The van der Waals surface area contributed by atoms with Gasteiger partial charge in [-0.2, -0.15) is 0 Å². The zero-order chi connectivity index (χ0) is 15.6. The van der Waals surface area contributed by atoms with Gasteiger partial charge in [-0.25, -0.2) is 0 Å². The van der Waals surface area contributed by atoms with Gasteiger partial charge in [0, 0.05) is 16.6 Å². The summed E-state index contributed by atoms with van der Waals surface area (Å²) < 4.78 is 0. The number of nitrogens with one attached hydrogen (secondary N) is 2. The van der Waals surface area contributed by atoms with E-state index in [0.717, 1.165) is 25.1 Å². The molecule has 21 heavy (non-hydrogen) atoms. The summed E-state index contributed by atoms with van der Waals surface area (Å²) in [6.45, 7) is 7.78. The van der Waals surface area contributed by atoms with Crippen LogP contribution in [0, 0.1) is 11.3 Å². The first-order chi connectivity index (χ1) is 9.86. The average molecular weight is 329 g/mol. The standard InChI is InChI=1S/C16H22Cl2N2O/c1-10(2)16(6-7-19-9-16)15(21)20-11(3)13-5-4-12(17)8-14(13)18/h4-5,8,10-11,19H,6-7,9H2,1-3H3,(H,20,21). The molecule has 1 amide bonds. The number of hydrogen-bond acceptors (Lipinski definition) is 2. The van der Waals surface area contributed by atoms with Crippen molar-refractivity contribution in [2.45, 2.75) is 33.2 Å². The first-order valence-corrected chi connectivity index (χ1v) is 8.09. The van der Waals surface area contributed by atoms with Crippen molar-refractivity contribution in [2.24, 2.45) is 11.3 Å². The Morgan fingerprint density at radius 2 is 2.05 bits per heavy atom. The van der Waals surface area contributed by atoms with Gasteiger partial charge in [0.2, 0.25) is 5.91 Å². The highest BCUT2D eigenvalue weighted by molar-refractivity contribution is 6.35. The number of hydrogen-bond donors (Lipinski definition) is 2. The Hall–Kier alpha value is -0.770. The Morgan fingerprint density at radius 1 is 1.33 bits per heavy atom. The van der Waals surface area contributed by atoms with Gasteiger partial charge in [-0.1, -0.05) is 43.1 Å². The fourth-order valence-electron chi connectivity index (χ4n) is 2.93. The summed E-state index contributed by atoms with van der Waals surface area (Å²) in [6, 6.07) is 5.22. The summed E-state index contributed by atoms with van der Waals surface area (Å²) in [5, 5.41) is 7.60. The highest BCUT2D eigenvalue weighted by atomic mass is 35.5. The van der Waals surface area contributed by atoms with E-state index in [1.807, 2.05) is 13.0 Å². The van der Waals surface area contributed by atoms with E-state index in [4.69, 9.17) is 23.2 Å². The molecule has 0 aliphatic carbocycles. The van der Waals surface area contributed by atoms with Crippen molar-refractivity contribution in [1.29, 1.82) is 0 Å². The molecule has 1 saturated heterocycles. The average Bonchev–Trinajstić information content (AvgIpc) is 2.88. The van der Waals surface area contributed by atoms with Crippen LogP contribution in [0.15, 0.2) is 18.2 Å². The van der Waals surface area contributed by atoms with Crippen LogP contribution in [0.4, 0.5) is 0 Å². The molecule has 0 saturated carbocycles. The molecule has 0 aromatic heterocycles. The normalized spacial score (nSPS) is 23.3. The van der Waals surface area contributed by atoms with E-state index in [-0.39, 0.29) is 17.4 Å². The minimum Gasteiger partial charge on any atom is -0.349 e. The van der Waals surface area contributed by atoms with Gasteiger partial charge in [-0.05, 0) is 43.5 Å². The van der Waals surface area contributed by atoms with Crippen molar-refractivity contribution in [3.8, 4) is 0 Å². The SMILES string of the molecule is CC(NC(=O)C1(C(C)C)CCNC1)c1ccc(Cl)cc1Cl. The summed E-state index contributed by atoms with van der Waals surface area (Å²) in [6.07, 6.45) is 0.873. The smallest absolute Gasteiger partial charge is 0.228 e. The Labute approximate surface area is 136 Å². The fourth-order valence-corrected chi connectivity index (χ4v) is 3.50. The molecule has 1 fully saturated rings. The Balaban J connectivity index is 2.15. The zero-order valence-electron chi connectivity index (χ0n) is 12.7. The summed E-state index contributed by atoms with van der Waals surface area (Å²) >= 11 is 12.1. The van der Waals surface area contributed by atoms with Crippen LogP contribution in [0.5, 0.6) is 0 Å². The van der Waals surface area contributed by atoms with Crippen LogP contribution in [-0.4, -0.2) is 19.0 Å². The minimum absolute atomic E-state index is 0.0982. The maximum Gasteiger partial charge on any atom is 0.228 e. The number of rotatable bonds is 4. The van der Waals surface area contributed by atoms with Gasteiger partial charge in [0.1, 0.15) is 0 Å². The predicted molar refractivity (Wildman–Crippen MR) is 87.8 cm³/mol. The highest BCUT2D eigenvalue weighted by Crippen LogP contribution is 2.35. The fraction of sp³-hybridized carbons (Fsp3) is 0.562. The van der Waals surface area contributed by atoms with E-state index in [2.05, 4.69) is 24.5 Å². The number of carbonyl (C=O) groups excluding carboxylic acids is 1. The Kier molecular flexibility index (Phi) is 5.18. The van der Waals surface area contributed by atoms with Crippen molar-refractivity contribution in [3.63, 3.8) is 0 Å². The third-order valence-corrected chi connectivity index (χ3v) is 5.08. The summed E-state index contributed by atoms with van der Waals surface area (Å²) in [5.41, 5.74) is 0.562. The zero-order valence-corrected chi connectivity index (χ0v) is 14.2. The number of carbonyl (C=O) groups is 1. The molecule has 1 heterocycles. The lowest BCUT2D eigenvalue weighted by atomic mass is 9.75. The van der Waals surface area contributed by atoms with Crippen LogP contribution in [0.25, 0.3) is 0 Å². The molecular formula is C16H22Cl2N2O. The van der Waals surface area contributed by atoms with Crippen LogP contribution in [0.3, 0.4) is 0 Å². The van der Waals surface area contributed by atoms with Gasteiger partial charge >= 0.3 is 0 Å². The maximum absolute atomic E-state index is 12.8. The van der Waals surface area contributed by atoms with E-state index in [1.165, 1.54) is 0 Å². The number of halogens is 2. The molecule has 1 aromatic carbocycles. The van der Waals surface area contributed by atoms with Gasteiger partial charge < -0.3 is 10.6 Å². The van der Waals surface area contributed by atoms with Gasteiger partial charge in [-0.3, -0.25) is 4.79 Å². The molecule has 1 aromatic rings. The molecule has 2 N–H and O–H groups in total. The number of amides is 1. The molecule has 3 nitrogen and oxygen atoms in total. The van der Waals surface area contributed by atoms with E-state index in [0.29, 0.717) is 16.0 Å². The third-order valence-electron chi connectivity index (χ3n) is 4.52. The highest BCUT2D eigenvalue weighted by Gasteiger charge is 2.44. The molecule has 2 rings (SSSR count). The molecule has 2 unspecified atom stereocenters. The maximum atomic E-state index is 12.8. The third kappa shape index (κ3) is 3.36. The summed E-state index contributed by atoms with van der Waals surface area (Å²) in [4.78, 5) is 12.8. The minimum atomic E-state index is -0.326. The molecule has 0 radical (unpaired) electrons. The van der Waals surface area contributed by atoms with Crippen molar-refractivity contribution in [1.82, 2.24) is 10.6 Å². The van der Waals surface area contributed by atoms with Crippen molar-refractivity contribution in [2.75, 3.05) is 13.1 Å². The lowest BCUT2D eigenvalue weighted by Gasteiger charge is -2.32. The van der Waals surface area contributed by atoms with Gasteiger partial charge in [0.15, 0.2) is 0 Å². The van der Waals surface area contributed by atoms with E-state index in [1.54, 1.807) is 12.1 Å². The molecule has 5 heteroatoms. The van der Waals surface area contributed by atoms with E-state index in [9.17, 15) is 4.79 Å². The van der Waals surface area contributed by atoms with Gasteiger partial charge in [0.25, 0.3) is 0 Å². The van der Waals surface area contributed by atoms with Crippen molar-refractivity contribution >= 4 is 29.1 Å².